The molecule has 0 amide bonds. The standard InChI is InChI=1S/2C19H22N2O.H2O4S/c2*1-2-13-12-21-10-8-14(13)11-18(21)19(22)16-7-9-20-17-6-4-3-5-15(16)17;1-5(2,3)4/h2*2-7,9,13-14,18-19,22H,1,8,10-12H2;(H2,1,2,3,4)/t2*13-,14?,18-,19+;/m10./s1. The summed E-state index contributed by atoms with van der Waals surface area (Å²) < 4.78 is 31.6. The molecule has 6 aliphatic rings. The van der Waals surface area contributed by atoms with Crippen molar-refractivity contribution in [3.05, 3.63) is 109 Å². The molecule has 0 aliphatic carbocycles. The van der Waals surface area contributed by atoms with E-state index in [-0.39, 0.29) is 12.1 Å². The summed E-state index contributed by atoms with van der Waals surface area (Å²) in [5.74, 6) is 2.53. The van der Waals surface area contributed by atoms with E-state index in [1.54, 1.807) is 0 Å². The summed E-state index contributed by atoms with van der Waals surface area (Å²) in [5.41, 5.74) is 3.94. The first kappa shape index (κ1) is 35.3. The predicted molar refractivity (Wildman–Crippen MR) is 191 cm³/mol. The van der Waals surface area contributed by atoms with Crippen molar-refractivity contribution in [1.82, 2.24) is 19.8 Å². The molecule has 2 aromatic heterocycles. The summed E-state index contributed by atoms with van der Waals surface area (Å²) in [6, 6.07) is 20.5. The zero-order valence-electron chi connectivity index (χ0n) is 27.6. The molecule has 4 N–H and O–H groups in total. The van der Waals surface area contributed by atoms with Crippen LogP contribution in [0.5, 0.6) is 0 Å². The number of hydrogen-bond donors (Lipinski definition) is 4. The third-order valence-corrected chi connectivity index (χ3v) is 11.0. The van der Waals surface area contributed by atoms with E-state index in [2.05, 4.69) is 57.2 Å². The molecule has 260 valence electrons. The van der Waals surface area contributed by atoms with E-state index in [9.17, 15) is 10.2 Å². The van der Waals surface area contributed by atoms with Gasteiger partial charge in [-0.2, -0.15) is 8.42 Å². The van der Waals surface area contributed by atoms with E-state index >= 15 is 0 Å². The van der Waals surface area contributed by atoms with Gasteiger partial charge in [-0.25, -0.2) is 0 Å². The fraction of sp³-hybridized carbons (Fsp3) is 0.421. The van der Waals surface area contributed by atoms with Crippen LogP contribution in [-0.4, -0.2) is 85.8 Å². The Morgan fingerprint density at radius 1 is 0.694 bits per heavy atom. The van der Waals surface area contributed by atoms with Crippen LogP contribution in [0.25, 0.3) is 21.8 Å². The van der Waals surface area contributed by atoms with Gasteiger partial charge < -0.3 is 10.2 Å². The number of nitrogens with zero attached hydrogens (tertiary/aromatic N) is 4. The average molecular weight is 687 g/mol. The summed E-state index contributed by atoms with van der Waals surface area (Å²) in [6.45, 7) is 12.2. The quantitative estimate of drug-likeness (QED) is 0.148. The third-order valence-electron chi connectivity index (χ3n) is 11.0. The van der Waals surface area contributed by atoms with E-state index in [1.165, 1.54) is 12.8 Å². The van der Waals surface area contributed by atoms with Crippen LogP contribution in [0, 0.1) is 23.7 Å². The molecule has 49 heavy (non-hydrogen) atoms. The lowest BCUT2D eigenvalue weighted by Gasteiger charge is -2.50. The molecule has 4 unspecified atom stereocenters. The van der Waals surface area contributed by atoms with Crippen LogP contribution in [-0.2, 0) is 10.4 Å². The Balaban J connectivity index is 0.000000150. The van der Waals surface area contributed by atoms with E-state index < -0.39 is 22.6 Å². The maximum absolute atomic E-state index is 11.0. The predicted octanol–water partition coefficient (Wildman–Crippen LogP) is 5.68. The normalized spacial score (nSPS) is 30.0. The molecule has 0 spiro atoms. The Morgan fingerprint density at radius 3 is 1.43 bits per heavy atom. The van der Waals surface area contributed by atoms with Gasteiger partial charge in [-0.15, -0.1) is 13.2 Å². The van der Waals surface area contributed by atoms with Crippen molar-refractivity contribution in [2.24, 2.45) is 23.7 Å². The van der Waals surface area contributed by atoms with Crippen LogP contribution in [0.2, 0.25) is 0 Å². The molecule has 6 fully saturated rings. The van der Waals surface area contributed by atoms with E-state index in [0.717, 1.165) is 72.0 Å². The molecule has 11 heteroatoms. The monoisotopic (exact) mass is 686 g/mol. The van der Waals surface area contributed by atoms with Crippen molar-refractivity contribution in [3.8, 4) is 0 Å². The minimum atomic E-state index is -4.67. The van der Waals surface area contributed by atoms with Crippen molar-refractivity contribution in [3.63, 3.8) is 0 Å². The molecule has 6 saturated heterocycles. The minimum Gasteiger partial charge on any atom is -0.387 e. The first-order valence-corrected chi connectivity index (χ1v) is 18.4. The lowest BCUT2D eigenvalue weighted by molar-refractivity contribution is -0.0445. The van der Waals surface area contributed by atoms with Crippen molar-refractivity contribution >= 4 is 32.2 Å². The molecule has 6 aliphatic heterocycles. The molecule has 0 radical (unpaired) electrons. The number of fused-ring (bicyclic) bond motifs is 8. The Hall–Kier alpha value is -3.55. The molecular formula is C38H46N4O6S. The van der Waals surface area contributed by atoms with Gasteiger partial charge in [0.05, 0.1) is 23.2 Å². The van der Waals surface area contributed by atoms with Gasteiger partial charge in [-0.3, -0.25) is 28.9 Å². The van der Waals surface area contributed by atoms with Gasteiger partial charge in [0.2, 0.25) is 0 Å². The Bertz CT molecular complexity index is 1750. The van der Waals surface area contributed by atoms with Crippen molar-refractivity contribution in [2.45, 2.75) is 50.0 Å². The topological polar surface area (TPSA) is 147 Å². The number of para-hydroxylation sites is 2. The summed E-state index contributed by atoms with van der Waals surface area (Å²) in [6.07, 6.45) is 11.5. The Morgan fingerprint density at radius 2 is 1.08 bits per heavy atom. The smallest absolute Gasteiger partial charge is 0.387 e. The van der Waals surface area contributed by atoms with Gasteiger partial charge >= 0.3 is 10.4 Å². The minimum absolute atomic E-state index is 0.223. The maximum atomic E-state index is 11.0. The number of aliphatic hydroxyl groups excluding tert-OH is 2. The highest BCUT2D eigenvalue weighted by Gasteiger charge is 2.43. The SMILES string of the molecule is C=C[C@@H]1CN2CCC1C[C@@H]2[C@@H](O)c1ccnc2ccccc12.C=C[C@H]1CN2CCC1C[C@H]2[C@H](O)c1ccnc2ccccc12.O=S(=O)(O)O. The van der Waals surface area contributed by atoms with Crippen LogP contribution in [0.4, 0.5) is 0 Å². The van der Waals surface area contributed by atoms with Gasteiger partial charge in [0.25, 0.3) is 0 Å². The van der Waals surface area contributed by atoms with Crippen LogP contribution in [0.15, 0.2) is 98.4 Å². The summed E-state index contributed by atoms with van der Waals surface area (Å²) in [7, 11) is -4.67. The van der Waals surface area contributed by atoms with Crippen LogP contribution >= 0.6 is 0 Å². The Labute approximate surface area is 288 Å². The summed E-state index contributed by atoms with van der Waals surface area (Å²) >= 11 is 0. The highest BCUT2D eigenvalue weighted by molar-refractivity contribution is 7.79. The van der Waals surface area contributed by atoms with Gasteiger partial charge in [-0.05, 0) is 97.8 Å². The second kappa shape index (κ2) is 15.1. The van der Waals surface area contributed by atoms with Crippen LogP contribution in [0.1, 0.15) is 49.0 Å². The number of hydrogen-bond acceptors (Lipinski definition) is 8. The van der Waals surface area contributed by atoms with Crippen molar-refractivity contribution < 1.29 is 27.7 Å². The highest BCUT2D eigenvalue weighted by Crippen LogP contribution is 2.43. The van der Waals surface area contributed by atoms with Crippen LogP contribution < -0.4 is 0 Å². The van der Waals surface area contributed by atoms with Crippen molar-refractivity contribution in [1.29, 1.82) is 0 Å². The molecule has 10 nitrogen and oxygen atoms in total. The van der Waals surface area contributed by atoms with Crippen LogP contribution in [0.3, 0.4) is 0 Å². The highest BCUT2D eigenvalue weighted by atomic mass is 32.3. The largest absolute Gasteiger partial charge is 0.394 e. The molecule has 8 heterocycles. The number of aromatic nitrogens is 2. The molecule has 2 aromatic carbocycles. The molecule has 4 aromatic rings. The molecule has 10 atom stereocenters. The number of piperidine rings is 6. The number of aliphatic hydroxyl groups is 2. The lowest BCUT2D eigenvalue weighted by Crippen LogP contribution is -2.54. The Kier molecular flexibility index (Phi) is 10.9. The van der Waals surface area contributed by atoms with Gasteiger partial charge in [0.15, 0.2) is 0 Å². The van der Waals surface area contributed by atoms with Gasteiger partial charge in [-0.1, -0.05) is 48.6 Å². The second-order valence-electron chi connectivity index (χ2n) is 13.7. The van der Waals surface area contributed by atoms with E-state index in [0.29, 0.717) is 23.7 Å². The summed E-state index contributed by atoms with van der Waals surface area (Å²) in [4.78, 5) is 13.7. The number of benzene rings is 2. The molecule has 10 rings (SSSR count). The fourth-order valence-electron chi connectivity index (χ4n) is 8.58. The fourth-order valence-corrected chi connectivity index (χ4v) is 8.58. The maximum Gasteiger partial charge on any atom is 0.394 e. The van der Waals surface area contributed by atoms with Gasteiger partial charge in [0.1, 0.15) is 0 Å². The lowest BCUT2D eigenvalue weighted by atomic mass is 9.73. The average Bonchev–Trinajstić information content (AvgIpc) is 3.13. The first-order chi connectivity index (χ1) is 23.6. The zero-order chi connectivity index (χ0) is 34.7. The van der Waals surface area contributed by atoms with Gasteiger partial charge in [0, 0.05) is 48.3 Å². The molecular weight excluding hydrogens is 641 g/mol. The van der Waals surface area contributed by atoms with E-state index in [4.69, 9.17) is 17.5 Å². The third kappa shape index (κ3) is 7.94. The van der Waals surface area contributed by atoms with E-state index in [1.807, 2.05) is 60.9 Å². The zero-order valence-corrected chi connectivity index (χ0v) is 28.4. The molecule has 0 saturated carbocycles. The number of pyridine rings is 2. The molecule has 4 bridgehead atoms. The first-order valence-electron chi connectivity index (χ1n) is 17.0. The summed E-state index contributed by atoms with van der Waals surface area (Å²) in [5, 5.41) is 24.2. The second-order valence-corrected chi connectivity index (χ2v) is 14.6. The van der Waals surface area contributed by atoms with Crippen molar-refractivity contribution in [2.75, 3.05) is 26.2 Å². The number of rotatable bonds is 6.